The summed E-state index contributed by atoms with van der Waals surface area (Å²) in [5.74, 6) is 5.68. The van der Waals surface area contributed by atoms with Crippen molar-refractivity contribution in [3.05, 3.63) is 35.1 Å². The van der Waals surface area contributed by atoms with Crippen LogP contribution in [0, 0.1) is 30.0 Å². The van der Waals surface area contributed by atoms with Crippen molar-refractivity contribution in [3.63, 3.8) is 0 Å². The first-order valence-corrected chi connectivity index (χ1v) is 4.68. The van der Waals surface area contributed by atoms with E-state index >= 15 is 0 Å². The molecule has 0 radical (unpaired) electrons. The van der Waals surface area contributed by atoms with Crippen molar-refractivity contribution < 1.29 is 4.39 Å². The Morgan fingerprint density at radius 3 is 2.43 bits per heavy atom. The predicted octanol–water partition coefficient (Wildman–Crippen LogP) is 3.53. The molecule has 0 amide bonds. The Hall–Kier alpha value is -1.29. The first-order valence-electron chi connectivity index (χ1n) is 4.68. The van der Waals surface area contributed by atoms with Crippen LogP contribution in [0.5, 0.6) is 0 Å². The quantitative estimate of drug-likeness (QED) is 0.549. The second-order valence-corrected chi connectivity index (χ2v) is 4.44. The minimum Gasteiger partial charge on any atom is -0.205 e. The second kappa shape index (κ2) is 3.84. The first-order chi connectivity index (χ1) is 6.40. The maximum atomic E-state index is 13.5. The summed E-state index contributed by atoms with van der Waals surface area (Å²) in [4.78, 5) is 0. The molecule has 0 aliphatic heterocycles. The lowest BCUT2D eigenvalue weighted by atomic mass is 9.97. The van der Waals surface area contributed by atoms with E-state index in [9.17, 15) is 4.39 Å². The van der Waals surface area contributed by atoms with E-state index in [1.54, 1.807) is 19.1 Å². The van der Waals surface area contributed by atoms with Crippen LogP contribution in [-0.2, 0) is 0 Å². The van der Waals surface area contributed by atoms with Crippen molar-refractivity contribution in [1.29, 1.82) is 0 Å². The highest BCUT2D eigenvalue weighted by molar-refractivity contribution is 5.39. The van der Waals surface area contributed by atoms with E-state index in [0.717, 1.165) is 0 Å². The molecule has 0 aliphatic carbocycles. The molecule has 1 rings (SSSR count). The van der Waals surface area contributed by atoms with Crippen LogP contribution in [-0.4, -0.2) is 0 Å². The monoisotopic (exact) mass is 190 g/mol. The third-order valence-corrected chi connectivity index (χ3v) is 1.76. The lowest BCUT2D eigenvalue weighted by molar-refractivity contribution is 0.570. The van der Waals surface area contributed by atoms with Gasteiger partial charge in [0.25, 0.3) is 0 Å². The minimum absolute atomic E-state index is 0.0871. The van der Waals surface area contributed by atoms with Crippen LogP contribution < -0.4 is 0 Å². The molecule has 0 heterocycles. The van der Waals surface area contributed by atoms with Crippen LogP contribution in [0.4, 0.5) is 4.39 Å². The fourth-order valence-electron chi connectivity index (χ4n) is 0.999. The number of rotatable bonds is 0. The highest BCUT2D eigenvalue weighted by Gasteiger charge is 2.05. The van der Waals surface area contributed by atoms with Gasteiger partial charge in [-0.1, -0.05) is 24.0 Å². The summed E-state index contributed by atoms with van der Waals surface area (Å²) in [7, 11) is 0. The van der Waals surface area contributed by atoms with Crippen LogP contribution in [0.15, 0.2) is 18.2 Å². The number of benzene rings is 1. The Bertz CT molecular complexity index is 386. The van der Waals surface area contributed by atoms with E-state index in [2.05, 4.69) is 11.8 Å². The Labute approximate surface area is 85.2 Å². The topological polar surface area (TPSA) is 0 Å². The van der Waals surface area contributed by atoms with Gasteiger partial charge in [0.1, 0.15) is 5.82 Å². The number of halogens is 1. The number of hydrogen-bond donors (Lipinski definition) is 0. The lowest BCUT2D eigenvalue weighted by Crippen LogP contribution is -1.99. The van der Waals surface area contributed by atoms with E-state index in [0.29, 0.717) is 11.1 Å². The largest absolute Gasteiger partial charge is 0.205 e. The van der Waals surface area contributed by atoms with Crippen LogP contribution >= 0.6 is 0 Å². The van der Waals surface area contributed by atoms with Crippen molar-refractivity contribution in [2.75, 3.05) is 0 Å². The maximum Gasteiger partial charge on any atom is 0.141 e. The Morgan fingerprint density at radius 1 is 1.21 bits per heavy atom. The molecule has 14 heavy (non-hydrogen) atoms. The molecule has 1 aromatic carbocycles. The third kappa shape index (κ3) is 2.88. The van der Waals surface area contributed by atoms with Gasteiger partial charge in [-0.25, -0.2) is 4.39 Å². The van der Waals surface area contributed by atoms with Crippen molar-refractivity contribution in [1.82, 2.24) is 0 Å². The molecule has 0 saturated heterocycles. The molecule has 0 aliphatic rings. The van der Waals surface area contributed by atoms with E-state index in [4.69, 9.17) is 0 Å². The Morgan fingerprint density at radius 2 is 1.86 bits per heavy atom. The average molecular weight is 190 g/mol. The zero-order valence-corrected chi connectivity index (χ0v) is 9.11. The third-order valence-electron chi connectivity index (χ3n) is 1.76. The zero-order valence-electron chi connectivity index (χ0n) is 9.11. The molecule has 0 unspecified atom stereocenters. The number of aryl methyl sites for hydroxylation is 1. The van der Waals surface area contributed by atoms with Gasteiger partial charge in [-0.2, -0.15) is 0 Å². The van der Waals surface area contributed by atoms with Gasteiger partial charge in [-0.15, -0.1) is 0 Å². The van der Waals surface area contributed by atoms with E-state index in [1.165, 1.54) is 0 Å². The Kier molecular flexibility index (Phi) is 2.96. The van der Waals surface area contributed by atoms with Crippen LogP contribution in [0.25, 0.3) is 0 Å². The molecule has 0 bridgehead atoms. The zero-order chi connectivity index (χ0) is 10.8. The second-order valence-electron chi connectivity index (χ2n) is 4.44. The lowest BCUT2D eigenvalue weighted by Gasteiger charge is -2.07. The molecule has 0 spiro atoms. The van der Waals surface area contributed by atoms with Gasteiger partial charge in [0, 0.05) is 5.41 Å². The fourth-order valence-corrected chi connectivity index (χ4v) is 0.999. The van der Waals surface area contributed by atoms with Gasteiger partial charge < -0.3 is 0 Å². The smallest absolute Gasteiger partial charge is 0.141 e. The summed E-state index contributed by atoms with van der Waals surface area (Å²) in [5.41, 5.74) is 1.04. The standard InChI is InChI=1S/C13H15F/c1-10-6-5-7-11(12(10)14)8-9-13(2,3)4/h5-7H,1-4H3. The number of hydrogen-bond acceptors (Lipinski definition) is 0. The highest BCUT2D eigenvalue weighted by Crippen LogP contribution is 2.13. The van der Waals surface area contributed by atoms with Gasteiger partial charge in [-0.3, -0.25) is 0 Å². The molecule has 0 atom stereocenters. The molecule has 0 nitrogen and oxygen atoms in total. The predicted molar refractivity (Wildman–Crippen MR) is 57.5 cm³/mol. The molecule has 1 heteroatoms. The van der Waals surface area contributed by atoms with Crippen molar-refractivity contribution in [2.24, 2.45) is 5.41 Å². The van der Waals surface area contributed by atoms with Gasteiger partial charge >= 0.3 is 0 Å². The molecule has 1 aromatic rings. The van der Waals surface area contributed by atoms with Gasteiger partial charge in [0.2, 0.25) is 0 Å². The molecule has 0 N–H and O–H groups in total. The van der Waals surface area contributed by atoms with Crippen LogP contribution in [0.2, 0.25) is 0 Å². The summed E-state index contributed by atoms with van der Waals surface area (Å²) in [5, 5.41) is 0. The van der Waals surface area contributed by atoms with E-state index < -0.39 is 0 Å². The van der Waals surface area contributed by atoms with Crippen LogP contribution in [0.3, 0.4) is 0 Å². The van der Waals surface area contributed by atoms with E-state index in [1.807, 2.05) is 26.8 Å². The van der Waals surface area contributed by atoms with Crippen molar-refractivity contribution >= 4 is 0 Å². The molecular weight excluding hydrogens is 175 g/mol. The summed E-state index contributed by atoms with van der Waals surface area (Å²) >= 11 is 0. The first kappa shape index (κ1) is 10.8. The van der Waals surface area contributed by atoms with Crippen molar-refractivity contribution in [2.45, 2.75) is 27.7 Å². The van der Waals surface area contributed by atoms with Gasteiger partial charge in [0.15, 0.2) is 0 Å². The summed E-state index contributed by atoms with van der Waals surface area (Å²) < 4.78 is 13.5. The average Bonchev–Trinajstić information content (AvgIpc) is 2.06. The van der Waals surface area contributed by atoms with Crippen molar-refractivity contribution in [3.8, 4) is 11.8 Å². The maximum absolute atomic E-state index is 13.5. The highest BCUT2D eigenvalue weighted by atomic mass is 19.1. The van der Waals surface area contributed by atoms with Gasteiger partial charge in [0.05, 0.1) is 5.56 Å². The molecule has 0 saturated carbocycles. The Balaban J connectivity index is 3.08. The van der Waals surface area contributed by atoms with E-state index in [-0.39, 0.29) is 11.2 Å². The summed E-state index contributed by atoms with van der Waals surface area (Å²) in [6, 6.07) is 5.28. The normalized spacial score (nSPS) is 10.6. The molecular formula is C13H15F. The summed E-state index contributed by atoms with van der Waals surface area (Å²) in [6.45, 7) is 7.77. The molecule has 0 aromatic heterocycles. The minimum atomic E-state index is -0.204. The molecule has 0 fully saturated rings. The van der Waals surface area contributed by atoms with Gasteiger partial charge in [-0.05, 0) is 39.3 Å². The fraction of sp³-hybridized carbons (Fsp3) is 0.385. The van der Waals surface area contributed by atoms with Crippen LogP contribution in [0.1, 0.15) is 31.9 Å². The summed E-state index contributed by atoms with van der Waals surface area (Å²) in [6.07, 6.45) is 0. The SMILES string of the molecule is Cc1cccc(C#CC(C)(C)C)c1F. The molecule has 74 valence electrons.